The molecule has 2 aromatic carbocycles. The Morgan fingerprint density at radius 2 is 1.88 bits per heavy atom. The van der Waals surface area contributed by atoms with E-state index in [9.17, 15) is 9.59 Å². The van der Waals surface area contributed by atoms with Gasteiger partial charge in [0.25, 0.3) is 5.91 Å². The third-order valence-corrected chi connectivity index (χ3v) is 4.10. The lowest BCUT2D eigenvalue weighted by Crippen LogP contribution is -2.20. The number of methoxy groups -OCH3 is 1. The van der Waals surface area contributed by atoms with Gasteiger partial charge in [-0.15, -0.1) is 0 Å². The molecule has 0 aliphatic heterocycles. The number of hydrogen-bond donors (Lipinski definition) is 1. The van der Waals surface area contributed by atoms with Gasteiger partial charge in [-0.1, -0.05) is 23.2 Å². The van der Waals surface area contributed by atoms with E-state index in [2.05, 4.69) is 5.32 Å². The summed E-state index contributed by atoms with van der Waals surface area (Å²) >= 11 is 11.7. The number of rotatable bonds is 3. The molecule has 122 valence electrons. The Morgan fingerprint density at radius 1 is 1.08 bits per heavy atom. The molecule has 5 nitrogen and oxygen atoms in total. The summed E-state index contributed by atoms with van der Waals surface area (Å²) in [6.45, 7) is 0. The molecule has 0 aliphatic rings. The average Bonchev–Trinajstić information content (AvgIpc) is 2.57. The molecule has 0 aliphatic carbocycles. The van der Waals surface area contributed by atoms with Crippen LogP contribution in [0.15, 0.2) is 51.7 Å². The highest BCUT2D eigenvalue weighted by molar-refractivity contribution is 6.42. The number of benzene rings is 2. The van der Waals surface area contributed by atoms with Crippen molar-refractivity contribution in [3.8, 4) is 5.75 Å². The Morgan fingerprint density at radius 3 is 2.58 bits per heavy atom. The second-order valence-electron chi connectivity index (χ2n) is 4.93. The van der Waals surface area contributed by atoms with Gasteiger partial charge in [-0.3, -0.25) is 4.79 Å². The van der Waals surface area contributed by atoms with Crippen molar-refractivity contribution in [3.63, 3.8) is 0 Å². The SMILES string of the molecule is COc1ccc2cc(C(=O)Nc3ccc(Cl)c(Cl)c3)c(=O)oc2c1. The van der Waals surface area contributed by atoms with Gasteiger partial charge in [0.2, 0.25) is 0 Å². The minimum absolute atomic E-state index is 0.112. The van der Waals surface area contributed by atoms with Crippen LogP contribution in [-0.4, -0.2) is 13.0 Å². The minimum Gasteiger partial charge on any atom is -0.497 e. The Labute approximate surface area is 146 Å². The monoisotopic (exact) mass is 363 g/mol. The molecule has 0 radical (unpaired) electrons. The first-order chi connectivity index (χ1) is 11.5. The zero-order valence-electron chi connectivity index (χ0n) is 12.4. The van der Waals surface area contributed by atoms with Crippen molar-refractivity contribution in [1.82, 2.24) is 0 Å². The zero-order chi connectivity index (χ0) is 17.3. The second kappa shape index (κ2) is 6.55. The first-order valence-corrected chi connectivity index (χ1v) is 7.62. The summed E-state index contributed by atoms with van der Waals surface area (Å²) in [6.07, 6.45) is 0. The molecule has 1 aromatic heterocycles. The number of ether oxygens (including phenoxy) is 1. The topological polar surface area (TPSA) is 68.5 Å². The molecule has 1 amide bonds. The van der Waals surface area contributed by atoms with Crippen molar-refractivity contribution in [3.05, 3.63) is 68.5 Å². The number of hydrogen-bond acceptors (Lipinski definition) is 4. The summed E-state index contributed by atoms with van der Waals surface area (Å²) in [5, 5.41) is 3.86. The Kier molecular flexibility index (Phi) is 4.46. The van der Waals surface area contributed by atoms with E-state index in [1.807, 2.05) is 0 Å². The van der Waals surface area contributed by atoms with Crippen molar-refractivity contribution < 1.29 is 13.9 Å². The molecule has 3 rings (SSSR count). The van der Waals surface area contributed by atoms with Crippen molar-refractivity contribution in [2.75, 3.05) is 12.4 Å². The highest BCUT2D eigenvalue weighted by Crippen LogP contribution is 2.25. The van der Waals surface area contributed by atoms with Gasteiger partial charge >= 0.3 is 5.63 Å². The summed E-state index contributed by atoms with van der Waals surface area (Å²) in [4.78, 5) is 24.4. The number of halogens is 2. The zero-order valence-corrected chi connectivity index (χ0v) is 13.9. The predicted octanol–water partition coefficient (Wildman–Crippen LogP) is 4.36. The van der Waals surface area contributed by atoms with E-state index in [4.69, 9.17) is 32.4 Å². The molecule has 0 bridgehead atoms. The van der Waals surface area contributed by atoms with Crippen molar-refractivity contribution >= 4 is 45.8 Å². The number of carbonyl (C=O) groups excluding carboxylic acids is 1. The van der Waals surface area contributed by atoms with Crippen molar-refractivity contribution in [2.24, 2.45) is 0 Å². The highest BCUT2D eigenvalue weighted by atomic mass is 35.5. The second-order valence-corrected chi connectivity index (χ2v) is 5.75. The summed E-state index contributed by atoms with van der Waals surface area (Å²) in [5.74, 6) is -0.0430. The van der Waals surface area contributed by atoms with E-state index >= 15 is 0 Å². The van der Waals surface area contributed by atoms with Crippen molar-refractivity contribution in [1.29, 1.82) is 0 Å². The fraction of sp³-hybridized carbons (Fsp3) is 0.0588. The summed E-state index contributed by atoms with van der Waals surface area (Å²) in [5.41, 5.74) is -0.0962. The van der Waals surface area contributed by atoms with Crippen LogP contribution in [0.2, 0.25) is 10.0 Å². The third kappa shape index (κ3) is 3.22. The summed E-state index contributed by atoms with van der Waals surface area (Å²) in [7, 11) is 1.51. The molecule has 24 heavy (non-hydrogen) atoms. The van der Waals surface area contributed by atoms with E-state index in [-0.39, 0.29) is 5.56 Å². The van der Waals surface area contributed by atoms with E-state index < -0.39 is 11.5 Å². The Hall–Kier alpha value is -2.50. The molecule has 7 heteroatoms. The quantitative estimate of drug-likeness (QED) is 0.701. The summed E-state index contributed by atoms with van der Waals surface area (Å²) < 4.78 is 10.3. The van der Waals surface area contributed by atoms with Crippen LogP contribution >= 0.6 is 23.2 Å². The van der Waals surface area contributed by atoms with Crippen LogP contribution in [0.3, 0.4) is 0 Å². The standard InChI is InChI=1S/C17H11Cl2NO4/c1-23-11-4-2-9-6-12(17(22)24-15(9)8-11)16(21)20-10-3-5-13(18)14(19)7-10/h2-8H,1H3,(H,20,21). The lowest BCUT2D eigenvalue weighted by Gasteiger charge is -2.07. The average molecular weight is 364 g/mol. The third-order valence-electron chi connectivity index (χ3n) is 3.37. The fourth-order valence-electron chi connectivity index (χ4n) is 2.15. The van der Waals surface area contributed by atoms with E-state index in [0.717, 1.165) is 0 Å². The van der Waals surface area contributed by atoms with Crippen LogP contribution in [0, 0.1) is 0 Å². The van der Waals surface area contributed by atoms with Gasteiger partial charge in [0.05, 0.1) is 17.2 Å². The molecule has 0 unspecified atom stereocenters. The van der Waals surface area contributed by atoms with Crippen LogP contribution in [0.4, 0.5) is 5.69 Å². The maximum atomic E-state index is 12.3. The Bertz CT molecular complexity index is 998. The lowest BCUT2D eigenvalue weighted by atomic mass is 10.1. The number of anilines is 1. The largest absolute Gasteiger partial charge is 0.497 e. The van der Waals surface area contributed by atoms with Crippen molar-refractivity contribution in [2.45, 2.75) is 0 Å². The van der Waals surface area contributed by atoms with Gasteiger partial charge in [0, 0.05) is 17.1 Å². The molecular formula is C17H11Cl2NO4. The molecule has 0 fully saturated rings. The molecule has 3 aromatic rings. The number of nitrogens with one attached hydrogen (secondary N) is 1. The number of amides is 1. The van der Waals surface area contributed by atoms with E-state index in [1.165, 1.54) is 19.2 Å². The van der Waals surface area contributed by atoms with Crippen LogP contribution in [0.1, 0.15) is 10.4 Å². The molecule has 1 heterocycles. The van der Waals surface area contributed by atoms with Gasteiger partial charge in [-0.05, 0) is 36.4 Å². The van der Waals surface area contributed by atoms with Crippen LogP contribution in [0.25, 0.3) is 11.0 Å². The first-order valence-electron chi connectivity index (χ1n) is 6.86. The van der Waals surface area contributed by atoms with Gasteiger partial charge in [0.15, 0.2) is 0 Å². The minimum atomic E-state index is -0.742. The molecule has 1 N–H and O–H groups in total. The van der Waals surface area contributed by atoms with E-state index in [1.54, 1.807) is 30.3 Å². The first kappa shape index (κ1) is 16.4. The van der Waals surface area contributed by atoms with Gasteiger partial charge in [0.1, 0.15) is 16.9 Å². The maximum absolute atomic E-state index is 12.3. The number of fused-ring (bicyclic) bond motifs is 1. The Balaban J connectivity index is 1.95. The molecule has 0 atom stereocenters. The van der Waals surface area contributed by atoms with Crippen LogP contribution in [0.5, 0.6) is 5.75 Å². The number of carbonyl (C=O) groups is 1. The molecule has 0 saturated heterocycles. The summed E-state index contributed by atoms with van der Waals surface area (Å²) in [6, 6.07) is 11.1. The van der Waals surface area contributed by atoms with Gasteiger partial charge < -0.3 is 14.5 Å². The smallest absolute Gasteiger partial charge is 0.349 e. The highest BCUT2D eigenvalue weighted by Gasteiger charge is 2.15. The van der Waals surface area contributed by atoms with Crippen LogP contribution < -0.4 is 15.7 Å². The molecular weight excluding hydrogens is 353 g/mol. The maximum Gasteiger partial charge on any atom is 0.349 e. The molecule has 0 spiro atoms. The predicted molar refractivity (Wildman–Crippen MR) is 93.5 cm³/mol. The lowest BCUT2D eigenvalue weighted by molar-refractivity contribution is 0.102. The van der Waals surface area contributed by atoms with E-state index in [0.29, 0.717) is 32.5 Å². The fourth-order valence-corrected chi connectivity index (χ4v) is 2.45. The van der Waals surface area contributed by atoms with Gasteiger partial charge in [-0.2, -0.15) is 0 Å². The molecule has 0 saturated carbocycles. The van der Waals surface area contributed by atoms with Crippen LogP contribution in [-0.2, 0) is 0 Å². The normalized spacial score (nSPS) is 10.6. The van der Waals surface area contributed by atoms with Gasteiger partial charge in [-0.25, -0.2) is 4.79 Å².